The lowest BCUT2D eigenvalue weighted by Crippen LogP contribution is -2.34. The van der Waals surface area contributed by atoms with Gasteiger partial charge >= 0.3 is 12.0 Å². The van der Waals surface area contributed by atoms with Gasteiger partial charge in [-0.05, 0) is 29.0 Å². The van der Waals surface area contributed by atoms with E-state index >= 15 is 0 Å². The fourth-order valence-electron chi connectivity index (χ4n) is 2.66. The zero-order valence-corrected chi connectivity index (χ0v) is 12.5. The normalized spacial score (nSPS) is 18.9. The zero-order chi connectivity index (χ0) is 16.0. The molecule has 0 atom stereocenters. The molecule has 0 aliphatic heterocycles. The lowest BCUT2D eigenvalue weighted by Gasteiger charge is -2.11. The highest BCUT2D eigenvalue weighted by Gasteiger charge is 2.65. The van der Waals surface area contributed by atoms with Crippen LogP contribution in [0.4, 0.5) is 10.5 Å². The zero-order valence-electron chi connectivity index (χ0n) is 12.5. The molecule has 6 heteroatoms. The van der Waals surface area contributed by atoms with E-state index in [0.717, 1.165) is 6.07 Å². The second kappa shape index (κ2) is 4.65. The van der Waals surface area contributed by atoms with Gasteiger partial charge in [-0.2, -0.15) is 0 Å². The van der Waals surface area contributed by atoms with Crippen LogP contribution in [0.25, 0.3) is 0 Å². The summed E-state index contributed by atoms with van der Waals surface area (Å²) in [6, 6.07) is 3.36. The van der Waals surface area contributed by atoms with Crippen molar-refractivity contribution in [1.82, 2.24) is 5.32 Å². The summed E-state index contributed by atoms with van der Waals surface area (Å²) in [4.78, 5) is 23.1. The van der Waals surface area contributed by atoms with Gasteiger partial charge in [0.15, 0.2) is 0 Å². The second-order valence-corrected chi connectivity index (χ2v) is 6.51. The van der Waals surface area contributed by atoms with Crippen molar-refractivity contribution in [2.24, 2.45) is 10.8 Å². The van der Waals surface area contributed by atoms with E-state index in [1.165, 1.54) is 12.1 Å². The van der Waals surface area contributed by atoms with E-state index in [-0.39, 0.29) is 33.9 Å². The summed E-state index contributed by atoms with van der Waals surface area (Å²) in [6.07, 6.45) is 0. The molecule has 0 spiro atoms. The summed E-state index contributed by atoms with van der Waals surface area (Å²) in [5, 5.41) is 23.8. The van der Waals surface area contributed by atoms with Gasteiger partial charge in [0.25, 0.3) is 0 Å². The van der Waals surface area contributed by atoms with Gasteiger partial charge in [0.1, 0.15) is 5.75 Å². The maximum atomic E-state index is 12.0. The van der Waals surface area contributed by atoms with Crippen LogP contribution in [0.3, 0.4) is 0 Å². The Hall–Kier alpha value is -2.24. The molecule has 1 saturated carbocycles. The van der Waals surface area contributed by atoms with Gasteiger partial charge in [-0.3, -0.25) is 0 Å². The lowest BCUT2D eigenvalue weighted by molar-refractivity contribution is 0.0697. The molecule has 114 valence electrons. The maximum absolute atomic E-state index is 12.0. The lowest BCUT2D eigenvalue weighted by atomic mass is 10.0. The number of hydrogen-bond acceptors (Lipinski definition) is 3. The highest BCUT2D eigenvalue weighted by atomic mass is 16.4. The first-order valence-electron chi connectivity index (χ1n) is 6.71. The van der Waals surface area contributed by atoms with Crippen LogP contribution < -0.4 is 10.6 Å². The Bertz CT molecular complexity index is 594. The second-order valence-electron chi connectivity index (χ2n) is 6.51. The number of carboxylic acids is 1. The summed E-state index contributed by atoms with van der Waals surface area (Å²) in [5.74, 6) is -1.38. The largest absolute Gasteiger partial charge is 0.508 e. The number of carbonyl (C=O) groups is 2. The molecule has 1 aliphatic rings. The van der Waals surface area contributed by atoms with E-state index in [2.05, 4.69) is 38.3 Å². The number of nitrogens with one attached hydrogen (secondary N) is 2. The standard InChI is InChI=1S/C15H20N2O4/c1-14(2)12(15(14,3)4)17-13(21)16-10-6-5-8(18)7-9(10)11(19)20/h5-7,12,18H,1-4H3,(H,19,20)(H2,16,17,21). The molecule has 0 aromatic heterocycles. The van der Waals surface area contributed by atoms with Crippen molar-refractivity contribution in [3.05, 3.63) is 23.8 Å². The third kappa shape index (κ3) is 2.53. The molecule has 1 aliphatic carbocycles. The Morgan fingerprint density at radius 1 is 1.14 bits per heavy atom. The summed E-state index contributed by atoms with van der Waals surface area (Å²) in [5.41, 5.74) is -0.0161. The summed E-state index contributed by atoms with van der Waals surface area (Å²) < 4.78 is 0. The fraction of sp³-hybridized carbons (Fsp3) is 0.467. The van der Waals surface area contributed by atoms with E-state index in [1.54, 1.807) is 0 Å². The van der Waals surface area contributed by atoms with Gasteiger partial charge in [-0.1, -0.05) is 27.7 Å². The first kappa shape index (κ1) is 15.2. The van der Waals surface area contributed by atoms with Crippen LogP contribution in [0.2, 0.25) is 0 Å². The highest BCUT2D eigenvalue weighted by Crippen LogP contribution is 2.62. The molecule has 21 heavy (non-hydrogen) atoms. The van der Waals surface area contributed by atoms with Crippen LogP contribution in [0.5, 0.6) is 5.75 Å². The van der Waals surface area contributed by atoms with Crippen LogP contribution >= 0.6 is 0 Å². The molecule has 6 nitrogen and oxygen atoms in total. The third-order valence-electron chi connectivity index (χ3n) is 4.78. The predicted molar refractivity (Wildman–Crippen MR) is 78.6 cm³/mol. The highest BCUT2D eigenvalue weighted by molar-refractivity contribution is 6.00. The topological polar surface area (TPSA) is 98.7 Å². The van der Waals surface area contributed by atoms with Gasteiger partial charge < -0.3 is 20.8 Å². The molecule has 0 saturated heterocycles. The number of phenols is 1. The number of anilines is 1. The van der Waals surface area contributed by atoms with Gasteiger partial charge in [-0.25, -0.2) is 9.59 Å². The number of benzene rings is 1. The van der Waals surface area contributed by atoms with Crippen molar-refractivity contribution in [2.45, 2.75) is 33.7 Å². The molecule has 1 aromatic rings. The quantitative estimate of drug-likeness (QED) is 0.644. The van der Waals surface area contributed by atoms with Crippen LogP contribution in [0.1, 0.15) is 38.1 Å². The van der Waals surface area contributed by atoms with Gasteiger partial charge in [0, 0.05) is 6.04 Å². The number of hydrogen-bond donors (Lipinski definition) is 4. The number of aromatic hydroxyl groups is 1. The Morgan fingerprint density at radius 2 is 1.71 bits per heavy atom. The van der Waals surface area contributed by atoms with Crippen molar-refractivity contribution in [3.8, 4) is 5.75 Å². The first-order chi connectivity index (χ1) is 9.57. The van der Waals surface area contributed by atoms with Crippen LogP contribution in [-0.2, 0) is 0 Å². The molecular formula is C15H20N2O4. The van der Waals surface area contributed by atoms with E-state index in [4.69, 9.17) is 5.11 Å². The third-order valence-corrected chi connectivity index (χ3v) is 4.78. The molecule has 0 radical (unpaired) electrons. The molecule has 2 rings (SSSR count). The van der Waals surface area contributed by atoms with Crippen LogP contribution in [0, 0.1) is 10.8 Å². The van der Waals surface area contributed by atoms with Crippen molar-refractivity contribution in [3.63, 3.8) is 0 Å². The fourth-order valence-corrected chi connectivity index (χ4v) is 2.66. The van der Waals surface area contributed by atoms with E-state index < -0.39 is 12.0 Å². The molecule has 1 aromatic carbocycles. The molecule has 0 bridgehead atoms. The van der Waals surface area contributed by atoms with Crippen LogP contribution in [0.15, 0.2) is 18.2 Å². The smallest absolute Gasteiger partial charge is 0.337 e. The molecule has 4 N–H and O–H groups in total. The van der Waals surface area contributed by atoms with Gasteiger partial charge in [0.05, 0.1) is 11.3 Å². The van der Waals surface area contributed by atoms with Crippen LogP contribution in [-0.4, -0.2) is 28.3 Å². The molecule has 0 heterocycles. The Kier molecular flexibility index (Phi) is 3.35. The van der Waals surface area contributed by atoms with Crippen molar-refractivity contribution < 1.29 is 19.8 Å². The number of urea groups is 1. The number of carboxylic acid groups (broad SMARTS) is 1. The Balaban J connectivity index is 2.10. The average Bonchev–Trinajstić information content (AvgIpc) is 2.74. The number of aromatic carboxylic acids is 1. The number of phenolic OH excluding ortho intramolecular Hbond substituents is 1. The average molecular weight is 292 g/mol. The van der Waals surface area contributed by atoms with Gasteiger partial charge in [-0.15, -0.1) is 0 Å². The Morgan fingerprint density at radius 3 is 2.19 bits per heavy atom. The summed E-state index contributed by atoms with van der Waals surface area (Å²) in [7, 11) is 0. The van der Waals surface area contributed by atoms with Gasteiger partial charge in [0.2, 0.25) is 0 Å². The predicted octanol–water partition coefficient (Wildman–Crippen LogP) is 2.65. The van der Waals surface area contributed by atoms with Crippen molar-refractivity contribution >= 4 is 17.7 Å². The maximum Gasteiger partial charge on any atom is 0.337 e. The SMILES string of the molecule is CC1(C)C(NC(=O)Nc2ccc(O)cc2C(=O)O)C1(C)C. The summed E-state index contributed by atoms with van der Waals surface area (Å²) in [6.45, 7) is 8.28. The molecule has 1 fully saturated rings. The number of carbonyl (C=O) groups excluding carboxylic acids is 1. The van der Waals surface area contributed by atoms with E-state index in [0.29, 0.717) is 0 Å². The van der Waals surface area contributed by atoms with Crippen molar-refractivity contribution in [2.75, 3.05) is 5.32 Å². The monoisotopic (exact) mass is 292 g/mol. The molecule has 0 unspecified atom stereocenters. The minimum absolute atomic E-state index is 0.00504. The molecular weight excluding hydrogens is 272 g/mol. The minimum Gasteiger partial charge on any atom is -0.508 e. The number of amides is 2. The number of rotatable bonds is 3. The minimum atomic E-state index is -1.21. The van der Waals surface area contributed by atoms with Crippen molar-refractivity contribution in [1.29, 1.82) is 0 Å². The Labute approximate surface area is 123 Å². The molecule has 2 amide bonds. The van der Waals surface area contributed by atoms with E-state index in [1.807, 2.05) is 0 Å². The summed E-state index contributed by atoms with van der Waals surface area (Å²) >= 11 is 0. The first-order valence-corrected chi connectivity index (χ1v) is 6.71. The van der Waals surface area contributed by atoms with E-state index in [9.17, 15) is 14.7 Å².